The molecule has 0 aliphatic carbocycles. The van der Waals surface area contributed by atoms with Crippen molar-refractivity contribution in [2.24, 2.45) is 0 Å². The maximum Gasteiger partial charge on any atom is 0.261 e. The first-order valence-electron chi connectivity index (χ1n) is 9.97. The summed E-state index contributed by atoms with van der Waals surface area (Å²) < 4.78 is 35.0. The van der Waals surface area contributed by atoms with Crippen molar-refractivity contribution in [2.45, 2.75) is 37.8 Å². The maximum absolute atomic E-state index is 13.5. The van der Waals surface area contributed by atoms with Gasteiger partial charge in [0.1, 0.15) is 5.82 Å². The van der Waals surface area contributed by atoms with Gasteiger partial charge in [0, 0.05) is 26.8 Å². The molecule has 0 saturated carbocycles. The Bertz CT molecular complexity index is 1160. The van der Waals surface area contributed by atoms with Crippen LogP contribution in [0, 0.1) is 0 Å². The summed E-state index contributed by atoms with van der Waals surface area (Å²) in [5.74, 6) is 0.429. The summed E-state index contributed by atoms with van der Waals surface area (Å²) in [6, 6.07) is 14.8. The molecule has 8 heteroatoms. The first kappa shape index (κ1) is 22.1. The van der Waals surface area contributed by atoms with Gasteiger partial charge in [-0.3, -0.25) is 9.36 Å². The molecular formula is C22H27N3O4S. The number of ether oxygens (including phenoxy) is 1. The number of para-hydroxylation sites is 1. The van der Waals surface area contributed by atoms with Crippen molar-refractivity contribution in [3.63, 3.8) is 0 Å². The zero-order chi connectivity index (χ0) is 21.7. The average Bonchev–Trinajstić information content (AvgIpc) is 2.76. The normalized spacial score (nSPS) is 13.1. The highest BCUT2D eigenvalue weighted by Gasteiger charge is 2.32. The molecule has 0 fully saturated rings. The summed E-state index contributed by atoms with van der Waals surface area (Å²) >= 11 is 0. The van der Waals surface area contributed by atoms with E-state index in [-0.39, 0.29) is 17.0 Å². The molecule has 2 aromatic carbocycles. The second-order valence-corrected chi connectivity index (χ2v) is 8.88. The van der Waals surface area contributed by atoms with Crippen LogP contribution < -0.4 is 5.56 Å². The topological polar surface area (TPSA) is 81.5 Å². The minimum atomic E-state index is -3.80. The summed E-state index contributed by atoms with van der Waals surface area (Å²) in [4.78, 5) is 17.9. The molecule has 0 bridgehead atoms. The van der Waals surface area contributed by atoms with Gasteiger partial charge in [-0.1, -0.05) is 30.3 Å². The van der Waals surface area contributed by atoms with Crippen LogP contribution in [-0.2, 0) is 21.3 Å². The molecule has 0 aliphatic rings. The van der Waals surface area contributed by atoms with Crippen LogP contribution in [0.2, 0.25) is 0 Å². The molecule has 1 atom stereocenters. The van der Waals surface area contributed by atoms with E-state index in [1.54, 1.807) is 67.1 Å². The van der Waals surface area contributed by atoms with E-state index in [0.717, 1.165) is 0 Å². The Hall–Kier alpha value is -2.55. The molecule has 30 heavy (non-hydrogen) atoms. The van der Waals surface area contributed by atoms with Crippen molar-refractivity contribution in [2.75, 3.05) is 20.3 Å². The summed E-state index contributed by atoms with van der Waals surface area (Å²) in [6.07, 6.45) is 0.525. The van der Waals surface area contributed by atoms with Gasteiger partial charge in [0.05, 0.1) is 21.8 Å². The third-order valence-electron chi connectivity index (χ3n) is 5.09. The standard InChI is InChI=1S/C22H27N3O4S/c1-4-24-21(23-20-14-9-8-13-19(20)22(24)26)17(2)25(15-10-16-29-3)30(27,28)18-11-6-5-7-12-18/h5-9,11-14,17H,4,10,15-16H2,1-3H3. The molecular weight excluding hydrogens is 402 g/mol. The van der Waals surface area contributed by atoms with E-state index < -0.39 is 16.1 Å². The van der Waals surface area contributed by atoms with Gasteiger partial charge in [-0.15, -0.1) is 0 Å². The SMILES string of the molecule is CCn1c(C(C)N(CCCOC)S(=O)(=O)c2ccccc2)nc2ccccc2c1=O. The molecule has 1 aromatic heterocycles. The van der Waals surface area contributed by atoms with Gasteiger partial charge in [0.15, 0.2) is 0 Å². The maximum atomic E-state index is 13.5. The van der Waals surface area contributed by atoms with Crippen molar-refractivity contribution in [3.05, 3.63) is 70.8 Å². The minimum Gasteiger partial charge on any atom is -0.385 e. The number of methoxy groups -OCH3 is 1. The van der Waals surface area contributed by atoms with Gasteiger partial charge in [-0.25, -0.2) is 13.4 Å². The van der Waals surface area contributed by atoms with E-state index in [4.69, 9.17) is 4.74 Å². The summed E-state index contributed by atoms with van der Waals surface area (Å²) in [6.45, 7) is 4.70. The van der Waals surface area contributed by atoms with Gasteiger partial charge < -0.3 is 4.74 Å². The molecule has 0 amide bonds. The van der Waals surface area contributed by atoms with Gasteiger partial charge >= 0.3 is 0 Å². The predicted molar refractivity (Wildman–Crippen MR) is 117 cm³/mol. The van der Waals surface area contributed by atoms with Gasteiger partial charge in [-0.2, -0.15) is 4.31 Å². The van der Waals surface area contributed by atoms with Crippen molar-refractivity contribution in [3.8, 4) is 0 Å². The van der Waals surface area contributed by atoms with Crippen molar-refractivity contribution >= 4 is 20.9 Å². The van der Waals surface area contributed by atoms with Crippen LogP contribution >= 0.6 is 0 Å². The molecule has 160 valence electrons. The predicted octanol–water partition coefficient (Wildman–Crippen LogP) is 3.20. The Kier molecular flexibility index (Phi) is 7.02. The Morgan fingerprint density at radius 3 is 2.43 bits per heavy atom. The Labute approximate surface area is 177 Å². The third-order valence-corrected chi connectivity index (χ3v) is 7.07. The largest absolute Gasteiger partial charge is 0.385 e. The van der Waals surface area contributed by atoms with Crippen LogP contribution in [0.4, 0.5) is 0 Å². The highest BCUT2D eigenvalue weighted by molar-refractivity contribution is 7.89. The molecule has 3 aromatic rings. The first-order valence-corrected chi connectivity index (χ1v) is 11.4. The zero-order valence-corrected chi connectivity index (χ0v) is 18.3. The average molecular weight is 430 g/mol. The van der Waals surface area contributed by atoms with E-state index in [1.807, 2.05) is 13.0 Å². The molecule has 0 spiro atoms. The first-order chi connectivity index (χ1) is 14.4. The van der Waals surface area contributed by atoms with E-state index >= 15 is 0 Å². The van der Waals surface area contributed by atoms with Gasteiger partial charge in [0.2, 0.25) is 10.0 Å². The molecule has 3 rings (SSSR count). The second kappa shape index (κ2) is 9.51. The fourth-order valence-corrected chi connectivity index (χ4v) is 5.21. The van der Waals surface area contributed by atoms with Crippen LogP contribution in [-0.4, -0.2) is 42.5 Å². The Morgan fingerprint density at radius 1 is 1.10 bits per heavy atom. The lowest BCUT2D eigenvalue weighted by molar-refractivity contribution is 0.181. The molecule has 0 saturated heterocycles. The number of hydrogen-bond donors (Lipinski definition) is 0. The number of aromatic nitrogens is 2. The van der Waals surface area contributed by atoms with Gasteiger partial charge in [-0.05, 0) is 44.5 Å². The van der Waals surface area contributed by atoms with Crippen LogP contribution in [0.3, 0.4) is 0 Å². The monoisotopic (exact) mass is 429 g/mol. The van der Waals surface area contributed by atoms with E-state index in [1.165, 1.54) is 4.31 Å². The molecule has 7 nitrogen and oxygen atoms in total. The smallest absolute Gasteiger partial charge is 0.261 e. The molecule has 1 heterocycles. The minimum absolute atomic E-state index is 0.168. The fourth-order valence-electron chi connectivity index (χ4n) is 3.55. The number of rotatable bonds is 9. The van der Waals surface area contributed by atoms with Crippen LogP contribution in [0.5, 0.6) is 0 Å². The van der Waals surface area contributed by atoms with Crippen molar-refractivity contribution in [1.29, 1.82) is 0 Å². The highest BCUT2D eigenvalue weighted by atomic mass is 32.2. The lowest BCUT2D eigenvalue weighted by Crippen LogP contribution is -2.38. The van der Waals surface area contributed by atoms with Crippen molar-refractivity contribution in [1.82, 2.24) is 13.9 Å². The fraction of sp³-hybridized carbons (Fsp3) is 0.364. The number of hydrogen-bond acceptors (Lipinski definition) is 5. The molecule has 0 N–H and O–H groups in total. The lowest BCUT2D eigenvalue weighted by atomic mass is 10.2. The lowest BCUT2D eigenvalue weighted by Gasteiger charge is -2.29. The van der Waals surface area contributed by atoms with Gasteiger partial charge in [0.25, 0.3) is 5.56 Å². The number of nitrogens with zero attached hydrogens (tertiary/aromatic N) is 3. The Morgan fingerprint density at radius 2 is 1.77 bits per heavy atom. The third kappa shape index (κ3) is 4.30. The van der Waals surface area contributed by atoms with Crippen LogP contribution in [0.15, 0.2) is 64.3 Å². The molecule has 0 radical (unpaired) electrons. The molecule has 1 unspecified atom stereocenters. The number of fused-ring (bicyclic) bond motifs is 1. The van der Waals surface area contributed by atoms with E-state index in [0.29, 0.717) is 36.3 Å². The van der Waals surface area contributed by atoms with Crippen molar-refractivity contribution < 1.29 is 13.2 Å². The van der Waals surface area contributed by atoms with E-state index in [9.17, 15) is 13.2 Å². The quantitative estimate of drug-likeness (QED) is 0.488. The number of sulfonamides is 1. The zero-order valence-electron chi connectivity index (χ0n) is 17.5. The number of benzene rings is 2. The highest BCUT2D eigenvalue weighted by Crippen LogP contribution is 2.27. The second-order valence-electron chi connectivity index (χ2n) is 6.99. The van der Waals surface area contributed by atoms with Crippen LogP contribution in [0.1, 0.15) is 32.1 Å². The summed E-state index contributed by atoms with van der Waals surface area (Å²) in [5.41, 5.74) is 0.391. The summed E-state index contributed by atoms with van der Waals surface area (Å²) in [7, 11) is -2.22. The molecule has 0 aliphatic heterocycles. The summed E-state index contributed by atoms with van der Waals surface area (Å²) in [5, 5.41) is 0.521. The Balaban J connectivity index is 2.13. The van der Waals surface area contributed by atoms with Crippen LogP contribution in [0.25, 0.3) is 10.9 Å². The van der Waals surface area contributed by atoms with E-state index in [2.05, 4.69) is 4.98 Å².